The molecule has 0 amide bonds. The highest BCUT2D eigenvalue weighted by Gasteiger charge is 2.19. The normalized spacial score (nSPS) is 10.9. The highest BCUT2D eigenvalue weighted by molar-refractivity contribution is 9.13. The SMILES string of the molecule is Nc1onc(-c2cc(Br)c(Br)s2)c1-c1ccc(Cl)cc1. The van der Waals surface area contributed by atoms with Crippen molar-refractivity contribution in [1.29, 1.82) is 0 Å². The van der Waals surface area contributed by atoms with Gasteiger partial charge in [-0.25, -0.2) is 0 Å². The largest absolute Gasteiger partial charge is 0.367 e. The summed E-state index contributed by atoms with van der Waals surface area (Å²) in [7, 11) is 0. The first-order chi connectivity index (χ1) is 9.56. The number of benzene rings is 1. The number of hydrogen-bond donors (Lipinski definition) is 1. The zero-order valence-corrected chi connectivity index (χ0v) is 14.6. The minimum absolute atomic E-state index is 0.294. The molecule has 0 aliphatic heterocycles. The lowest BCUT2D eigenvalue weighted by Gasteiger charge is -2.01. The van der Waals surface area contributed by atoms with Gasteiger partial charge in [-0.3, -0.25) is 0 Å². The molecule has 0 aliphatic carbocycles. The van der Waals surface area contributed by atoms with Crippen LogP contribution < -0.4 is 5.73 Å². The maximum atomic E-state index is 5.91. The van der Waals surface area contributed by atoms with Crippen LogP contribution in [0.4, 0.5) is 5.88 Å². The van der Waals surface area contributed by atoms with Gasteiger partial charge in [0.15, 0.2) is 0 Å². The summed E-state index contributed by atoms with van der Waals surface area (Å²) in [4.78, 5) is 0.967. The molecule has 0 unspecified atom stereocenters. The van der Waals surface area contributed by atoms with E-state index in [1.165, 1.54) is 0 Å². The third-order valence-corrected chi connectivity index (χ3v) is 6.24. The molecule has 2 aromatic heterocycles. The van der Waals surface area contributed by atoms with Gasteiger partial charge in [0, 0.05) is 9.50 Å². The Hall–Kier alpha value is -0.820. The fourth-order valence-corrected chi connectivity index (χ4v) is 3.98. The molecule has 20 heavy (non-hydrogen) atoms. The fourth-order valence-electron chi connectivity index (χ4n) is 1.83. The standard InChI is InChI=1S/C13H7Br2ClN2OS/c14-8-5-9(20-12(8)15)11-10(13(17)19-18-11)6-1-3-7(16)4-2-6/h1-5H,17H2. The summed E-state index contributed by atoms with van der Waals surface area (Å²) in [6.45, 7) is 0. The van der Waals surface area contributed by atoms with Crippen molar-refractivity contribution in [3.8, 4) is 21.7 Å². The molecule has 2 N–H and O–H groups in total. The molecular formula is C13H7Br2ClN2OS. The molecule has 1 aromatic carbocycles. The van der Waals surface area contributed by atoms with Gasteiger partial charge >= 0.3 is 0 Å². The second-order valence-corrected chi connectivity index (χ2v) is 7.67. The van der Waals surface area contributed by atoms with E-state index >= 15 is 0 Å². The van der Waals surface area contributed by atoms with Crippen molar-refractivity contribution in [3.05, 3.63) is 43.6 Å². The van der Waals surface area contributed by atoms with Crippen LogP contribution in [0.15, 0.2) is 43.1 Å². The smallest absolute Gasteiger partial charge is 0.230 e. The molecular weight excluding hydrogens is 427 g/mol. The van der Waals surface area contributed by atoms with E-state index in [1.54, 1.807) is 11.3 Å². The summed E-state index contributed by atoms with van der Waals surface area (Å²) in [5, 5.41) is 4.75. The molecule has 2 heterocycles. The molecule has 0 aliphatic rings. The Morgan fingerprint density at radius 3 is 2.50 bits per heavy atom. The average molecular weight is 435 g/mol. The number of nitrogens with zero attached hydrogens (tertiary/aromatic N) is 1. The first-order valence-corrected chi connectivity index (χ1v) is 8.30. The van der Waals surface area contributed by atoms with Gasteiger partial charge in [-0.1, -0.05) is 28.9 Å². The topological polar surface area (TPSA) is 52.0 Å². The number of halogens is 3. The van der Waals surface area contributed by atoms with Gasteiger partial charge in [0.05, 0.1) is 14.2 Å². The maximum Gasteiger partial charge on any atom is 0.230 e. The van der Waals surface area contributed by atoms with Crippen LogP contribution >= 0.6 is 54.8 Å². The molecule has 0 fully saturated rings. The van der Waals surface area contributed by atoms with Crippen molar-refractivity contribution in [2.24, 2.45) is 0 Å². The van der Waals surface area contributed by atoms with E-state index in [0.29, 0.717) is 10.9 Å². The van der Waals surface area contributed by atoms with Gasteiger partial charge in [0.1, 0.15) is 5.69 Å². The van der Waals surface area contributed by atoms with Crippen LogP contribution in [0.3, 0.4) is 0 Å². The van der Waals surface area contributed by atoms with Crippen LogP contribution in [0, 0.1) is 0 Å². The van der Waals surface area contributed by atoms with E-state index in [4.69, 9.17) is 21.9 Å². The second-order valence-electron chi connectivity index (χ2n) is 4.01. The van der Waals surface area contributed by atoms with Gasteiger partial charge < -0.3 is 10.3 Å². The summed E-state index contributed by atoms with van der Waals surface area (Å²) in [6, 6.07) is 9.39. The van der Waals surface area contributed by atoms with Crippen LogP contribution in [-0.4, -0.2) is 5.16 Å². The van der Waals surface area contributed by atoms with Crippen molar-refractivity contribution in [2.45, 2.75) is 0 Å². The van der Waals surface area contributed by atoms with E-state index < -0.39 is 0 Å². The number of thiophene rings is 1. The van der Waals surface area contributed by atoms with E-state index in [-0.39, 0.29) is 0 Å². The third kappa shape index (κ3) is 2.53. The zero-order valence-electron chi connectivity index (χ0n) is 9.86. The molecule has 102 valence electrons. The van der Waals surface area contributed by atoms with Crippen molar-refractivity contribution < 1.29 is 4.52 Å². The van der Waals surface area contributed by atoms with E-state index in [0.717, 1.165) is 30.0 Å². The fraction of sp³-hybridized carbons (Fsp3) is 0. The van der Waals surface area contributed by atoms with Crippen LogP contribution in [0.25, 0.3) is 21.7 Å². The van der Waals surface area contributed by atoms with Crippen LogP contribution in [-0.2, 0) is 0 Å². The van der Waals surface area contributed by atoms with Crippen molar-refractivity contribution in [2.75, 3.05) is 5.73 Å². The summed E-state index contributed by atoms with van der Waals surface area (Å²) in [5.41, 5.74) is 8.34. The van der Waals surface area contributed by atoms with Crippen molar-refractivity contribution in [1.82, 2.24) is 5.16 Å². The van der Waals surface area contributed by atoms with Crippen molar-refractivity contribution in [3.63, 3.8) is 0 Å². The molecule has 0 bridgehead atoms. The highest BCUT2D eigenvalue weighted by Crippen LogP contribution is 2.43. The summed E-state index contributed by atoms with van der Waals surface area (Å²) >= 11 is 14.4. The van der Waals surface area contributed by atoms with Gasteiger partial charge in [0.25, 0.3) is 0 Å². The molecule has 0 atom stereocenters. The van der Waals surface area contributed by atoms with E-state index in [9.17, 15) is 0 Å². The number of nitrogens with two attached hydrogens (primary N) is 1. The molecule has 3 nitrogen and oxygen atoms in total. The number of hydrogen-bond acceptors (Lipinski definition) is 4. The predicted octanol–water partition coefficient (Wildman–Crippen LogP) is 5.83. The number of aromatic nitrogens is 1. The minimum atomic E-state index is 0.294. The Labute approximate surface area is 141 Å². The molecule has 0 saturated carbocycles. The van der Waals surface area contributed by atoms with Crippen LogP contribution in [0.1, 0.15) is 0 Å². The summed E-state index contributed by atoms with van der Waals surface area (Å²) < 4.78 is 7.12. The Morgan fingerprint density at radius 2 is 1.90 bits per heavy atom. The lowest BCUT2D eigenvalue weighted by atomic mass is 10.1. The monoisotopic (exact) mass is 432 g/mol. The number of anilines is 1. The van der Waals surface area contributed by atoms with E-state index in [2.05, 4.69) is 37.0 Å². The van der Waals surface area contributed by atoms with Gasteiger partial charge in [-0.05, 0) is 55.6 Å². The summed E-state index contributed by atoms with van der Waals surface area (Å²) in [6.07, 6.45) is 0. The Balaban J connectivity index is 2.16. The third-order valence-electron chi connectivity index (χ3n) is 2.73. The lowest BCUT2D eigenvalue weighted by molar-refractivity contribution is 0.439. The highest BCUT2D eigenvalue weighted by atomic mass is 79.9. The molecule has 3 rings (SSSR count). The number of rotatable bonds is 2. The Kier molecular flexibility index (Phi) is 3.90. The number of nitrogen functional groups attached to an aromatic ring is 1. The summed E-state index contributed by atoms with van der Waals surface area (Å²) in [5.74, 6) is 0.294. The lowest BCUT2D eigenvalue weighted by Crippen LogP contribution is -1.86. The predicted molar refractivity (Wildman–Crippen MR) is 90.1 cm³/mol. The van der Waals surface area contributed by atoms with Crippen LogP contribution in [0.2, 0.25) is 5.02 Å². The first-order valence-electron chi connectivity index (χ1n) is 5.52. The molecule has 3 aromatic rings. The molecule has 7 heteroatoms. The average Bonchev–Trinajstić information content (AvgIpc) is 2.95. The Bertz CT molecular complexity index is 748. The maximum absolute atomic E-state index is 5.91. The zero-order chi connectivity index (χ0) is 14.3. The van der Waals surface area contributed by atoms with Crippen molar-refractivity contribution >= 4 is 60.7 Å². The van der Waals surface area contributed by atoms with Gasteiger partial charge in [-0.2, -0.15) is 0 Å². The van der Waals surface area contributed by atoms with Gasteiger partial charge in [-0.15, -0.1) is 11.3 Å². The molecule has 0 radical (unpaired) electrons. The van der Waals surface area contributed by atoms with E-state index in [1.807, 2.05) is 30.3 Å². The minimum Gasteiger partial charge on any atom is -0.367 e. The van der Waals surface area contributed by atoms with Gasteiger partial charge in [0.2, 0.25) is 5.88 Å². The molecule has 0 spiro atoms. The quantitative estimate of drug-likeness (QED) is 0.552. The van der Waals surface area contributed by atoms with Crippen LogP contribution in [0.5, 0.6) is 0 Å². The second kappa shape index (κ2) is 5.52. The Morgan fingerprint density at radius 1 is 1.20 bits per heavy atom. The first kappa shape index (κ1) is 14.1. The molecule has 0 saturated heterocycles.